The maximum atomic E-state index is 12.3. The first-order valence-corrected chi connectivity index (χ1v) is 6.10. The SMILES string of the molecule is CCCC(C(=O)N1CCCC1C(N)=O)C(N)=NO. The summed E-state index contributed by atoms with van der Waals surface area (Å²) in [6, 6.07) is -0.566. The van der Waals surface area contributed by atoms with Crippen molar-refractivity contribution in [3.63, 3.8) is 0 Å². The van der Waals surface area contributed by atoms with Gasteiger partial charge in [-0.05, 0) is 19.3 Å². The minimum absolute atomic E-state index is 0.114. The lowest BCUT2D eigenvalue weighted by molar-refractivity contribution is -0.139. The topological polar surface area (TPSA) is 122 Å². The van der Waals surface area contributed by atoms with E-state index in [2.05, 4.69) is 5.16 Å². The number of hydrogen-bond donors (Lipinski definition) is 3. The normalized spacial score (nSPS) is 21.9. The summed E-state index contributed by atoms with van der Waals surface area (Å²) in [5.41, 5.74) is 10.8. The molecule has 1 rings (SSSR count). The van der Waals surface area contributed by atoms with Crippen molar-refractivity contribution in [1.82, 2.24) is 4.90 Å². The molecule has 0 radical (unpaired) electrons. The molecule has 0 aromatic carbocycles. The van der Waals surface area contributed by atoms with Crippen LogP contribution in [0.5, 0.6) is 0 Å². The van der Waals surface area contributed by atoms with Crippen LogP contribution in [0.2, 0.25) is 0 Å². The smallest absolute Gasteiger partial charge is 0.240 e. The Morgan fingerprint density at radius 2 is 2.17 bits per heavy atom. The number of carbonyl (C=O) groups excluding carboxylic acids is 2. The van der Waals surface area contributed by atoms with Crippen molar-refractivity contribution in [3.8, 4) is 0 Å². The number of hydrogen-bond acceptors (Lipinski definition) is 4. The number of primary amides is 1. The van der Waals surface area contributed by atoms with Crippen LogP contribution >= 0.6 is 0 Å². The van der Waals surface area contributed by atoms with Gasteiger partial charge in [0.25, 0.3) is 0 Å². The van der Waals surface area contributed by atoms with Crippen LogP contribution in [0.25, 0.3) is 0 Å². The second kappa shape index (κ2) is 6.23. The van der Waals surface area contributed by atoms with E-state index in [9.17, 15) is 9.59 Å². The highest BCUT2D eigenvalue weighted by Gasteiger charge is 2.37. The number of amidine groups is 1. The number of oxime groups is 1. The first-order chi connectivity index (χ1) is 8.52. The maximum Gasteiger partial charge on any atom is 0.240 e. The lowest BCUT2D eigenvalue weighted by Crippen LogP contribution is -2.48. The van der Waals surface area contributed by atoms with Gasteiger partial charge < -0.3 is 21.6 Å². The fraction of sp³-hybridized carbons (Fsp3) is 0.727. The highest BCUT2D eigenvalue weighted by molar-refractivity contribution is 6.03. The van der Waals surface area contributed by atoms with Crippen LogP contribution in [0.4, 0.5) is 0 Å². The molecule has 2 amide bonds. The number of nitrogens with zero attached hydrogens (tertiary/aromatic N) is 2. The first kappa shape index (κ1) is 14.3. The molecule has 18 heavy (non-hydrogen) atoms. The molecule has 7 heteroatoms. The van der Waals surface area contributed by atoms with Gasteiger partial charge in [0.15, 0.2) is 5.84 Å². The number of carbonyl (C=O) groups is 2. The Morgan fingerprint density at radius 1 is 1.50 bits per heavy atom. The molecule has 1 fully saturated rings. The van der Waals surface area contributed by atoms with Crippen molar-refractivity contribution in [2.24, 2.45) is 22.5 Å². The van der Waals surface area contributed by atoms with Crippen molar-refractivity contribution < 1.29 is 14.8 Å². The van der Waals surface area contributed by atoms with Crippen LogP contribution in [0.3, 0.4) is 0 Å². The largest absolute Gasteiger partial charge is 0.409 e. The van der Waals surface area contributed by atoms with E-state index >= 15 is 0 Å². The predicted molar refractivity (Wildman–Crippen MR) is 65.7 cm³/mol. The molecular weight excluding hydrogens is 236 g/mol. The van der Waals surface area contributed by atoms with Crippen LogP contribution in [-0.4, -0.2) is 40.3 Å². The molecular formula is C11H20N4O3. The van der Waals surface area contributed by atoms with E-state index < -0.39 is 17.9 Å². The van der Waals surface area contributed by atoms with Gasteiger partial charge in [-0.3, -0.25) is 9.59 Å². The standard InChI is InChI=1S/C11H20N4O3/c1-2-4-7(9(12)14-18)11(17)15-6-3-5-8(15)10(13)16/h7-8,18H,2-6H2,1H3,(H2,12,14)(H2,13,16). The van der Waals surface area contributed by atoms with Crippen molar-refractivity contribution in [3.05, 3.63) is 0 Å². The molecule has 7 nitrogen and oxygen atoms in total. The van der Waals surface area contributed by atoms with Crippen molar-refractivity contribution in [2.45, 2.75) is 38.6 Å². The summed E-state index contributed by atoms with van der Waals surface area (Å²) < 4.78 is 0. The number of nitrogens with two attached hydrogens (primary N) is 2. The Kier molecular flexibility index (Phi) is 4.94. The quantitative estimate of drug-likeness (QED) is 0.269. The lowest BCUT2D eigenvalue weighted by Gasteiger charge is -2.26. The van der Waals surface area contributed by atoms with Crippen molar-refractivity contribution >= 4 is 17.6 Å². The van der Waals surface area contributed by atoms with Crippen LogP contribution < -0.4 is 11.5 Å². The predicted octanol–water partition coefficient (Wildman–Crippen LogP) is -0.375. The molecule has 0 aromatic rings. The highest BCUT2D eigenvalue weighted by atomic mass is 16.4. The second-order valence-corrected chi connectivity index (χ2v) is 4.46. The fourth-order valence-electron chi connectivity index (χ4n) is 2.28. The van der Waals surface area contributed by atoms with E-state index in [1.807, 2.05) is 6.92 Å². The molecule has 2 atom stereocenters. The molecule has 1 aliphatic rings. The molecule has 0 aliphatic carbocycles. The van der Waals surface area contributed by atoms with Gasteiger partial charge in [-0.2, -0.15) is 0 Å². The summed E-state index contributed by atoms with van der Waals surface area (Å²) >= 11 is 0. The van der Waals surface area contributed by atoms with Crippen LogP contribution in [-0.2, 0) is 9.59 Å². The zero-order valence-electron chi connectivity index (χ0n) is 10.5. The Balaban J connectivity index is 2.85. The van der Waals surface area contributed by atoms with Gasteiger partial charge >= 0.3 is 0 Å². The molecule has 1 aliphatic heterocycles. The van der Waals surface area contributed by atoms with E-state index in [1.165, 1.54) is 4.90 Å². The zero-order chi connectivity index (χ0) is 13.7. The van der Waals surface area contributed by atoms with E-state index in [-0.39, 0.29) is 11.7 Å². The Bertz CT molecular complexity index is 356. The monoisotopic (exact) mass is 256 g/mol. The van der Waals surface area contributed by atoms with Crippen LogP contribution in [0.1, 0.15) is 32.6 Å². The van der Waals surface area contributed by atoms with E-state index in [4.69, 9.17) is 16.7 Å². The fourth-order valence-corrected chi connectivity index (χ4v) is 2.28. The Morgan fingerprint density at radius 3 is 2.67 bits per heavy atom. The van der Waals surface area contributed by atoms with Gasteiger partial charge in [0.2, 0.25) is 11.8 Å². The van der Waals surface area contributed by atoms with Gasteiger partial charge in [-0.25, -0.2) is 0 Å². The minimum Gasteiger partial charge on any atom is -0.409 e. The molecule has 1 heterocycles. The van der Waals surface area contributed by atoms with Gasteiger partial charge in [0.05, 0.1) is 5.92 Å². The molecule has 0 bridgehead atoms. The number of rotatable bonds is 5. The van der Waals surface area contributed by atoms with E-state index in [0.717, 1.165) is 12.8 Å². The van der Waals surface area contributed by atoms with E-state index in [0.29, 0.717) is 19.4 Å². The van der Waals surface area contributed by atoms with Crippen molar-refractivity contribution in [1.29, 1.82) is 0 Å². The zero-order valence-corrected chi connectivity index (χ0v) is 10.5. The summed E-state index contributed by atoms with van der Waals surface area (Å²) in [6.07, 6.45) is 2.53. The third-order valence-corrected chi connectivity index (χ3v) is 3.21. The lowest BCUT2D eigenvalue weighted by atomic mass is 10.0. The number of amides is 2. The average molecular weight is 256 g/mol. The molecule has 0 saturated carbocycles. The van der Waals surface area contributed by atoms with Gasteiger partial charge in [0, 0.05) is 6.54 Å². The summed E-state index contributed by atoms with van der Waals surface area (Å²) in [5.74, 6) is -1.58. The molecule has 102 valence electrons. The molecule has 0 spiro atoms. The third kappa shape index (κ3) is 2.91. The Hall–Kier alpha value is -1.79. The van der Waals surface area contributed by atoms with Crippen LogP contribution in [0.15, 0.2) is 5.16 Å². The first-order valence-electron chi connectivity index (χ1n) is 6.10. The summed E-state index contributed by atoms with van der Waals surface area (Å²) in [6.45, 7) is 2.39. The Labute approximate surface area is 106 Å². The van der Waals surface area contributed by atoms with E-state index in [1.54, 1.807) is 0 Å². The number of likely N-dealkylation sites (tertiary alicyclic amines) is 1. The molecule has 5 N–H and O–H groups in total. The minimum atomic E-state index is -0.681. The summed E-state index contributed by atoms with van der Waals surface area (Å²) in [7, 11) is 0. The van der Waals surface area contributed by atoms with Crippen molar-refractivity contribution in [2.75, 3.05) is 6.54 Å². The molecule has 0 aromatic heterocycles. The van der Waals surface area contributed by atoms with Crippen LogP contribution in [0, 0.1) is 5.92 Å². The second-order valence-electron chi connectivity index (χ2n) is 4.46. The maximum absolute atomic E-state index is 12.3. The summed E-state index contributed by atoms with van der Waals surface area (Å²) in [5, 5.41) is 11.6. The van der Waals surface area contributed by atoms with Gasteiger partial charge in [0.1, 0.15) is 6.04 Å². The highest BCUT2D eigenvalue weighted by Crippen LogP contribution is 2.21. The molecule has 2 unspecified atom stereocenters. The van der Waals surface area contributed by atoms with Gasteiger partial charge in [-0.1, -0.05) is 18.5 Å². The average Bonchev–Trinajstić information content (AvgIpc) is 2.83. The molecule has 1 saturated heterocycles. The summed E-state index contributed by atoms with van der Waals surface area (Å²) in [4.78, 5) is 25.0. The third-order valence-electron chi connectivity index (χ3n) is 3.21. The van der Waals surface area contributed by atoms with Gasteiger partial charge in [-0.15, -0.1) is 0 Å².